The van der Waals surface area contributed by atoms with Crippen LogP contribution in [0, 0.1) is 5.92 Å². The van der Waals surface area contributed by atoms with Gasteiger partial charge in [-0.2, -0.15) is 0 Å². The van der Waals surface area contributed by atoms with Crippen molar-refractivity contribution in [2.75, 3.05) is 39.6 Å². The van der Waals surface area contributed by atoms with E-state index >= 15 is 0 Å². The molecule has 4 rings (SSSR count). The molecule has 1 atom stereocenters. The third kappa shape index (κ3) is 12.9. The first kappa shape index (κ1) is 39.3. The van der Waals surface area contributed by atoms with Crippen molar-refractivity contribution in [2.45, 2.75) is 6.92 Å². The second-order valence-corrected chi connectivity index (χ2v) is 11.3. The monoisotopic (exact) mass is 722 g/mol. The van der Waals surface area contributed by atoms with Crippen LogP contribution in [-0.4, -0.2) is 69.5 Å². The van der Waals surface area contributed by atoms with E-state index in [0.29, 0.717) is 22.6 Å². The van der Waals surface area contributed by atoms with Gasteiger partial charge in [0.2, 0.25) is 0 Å². The fourth-order valence-electron chi connectivity index (χ4n) is 4.41. The topological polar surface area (TPSA) is 150 Å². The maximum absolute atomic E-state index is 12.8. The maximum atomic E-state index is 12.8. The predicted molar refractivity (Wildman–Crippen MR) is 193 cm³/mol. The Hall–Kier alpha value is -6.53. The minimum absolute atomic E-state index is 0.0930. The van der Waals surface area contributed by atoms with Crippen molar-refractivity contribution in [3.05, 3.63) is 139 Å². The summed E-state index contributed by atoms with van der Waals surface area (Å²) in [5.74, 6) is -1.79. The van der Waals surface area contributed by atoms with Crippen LogP contribution in [0.3, 0.4) is 0 Å². The van der Waals surface area contributed by atoms with Gasteiger partial charge in [-0.1, -0.05) is 44.3 Å². The van der Waals surface area contributed by atoms with Gasteiger partial charge in [0.25, 0.3) is 0 Å². The molecule has 0 bridgehead atoms. The molecule has 274 valence electrons. The Bertz CT molecular complexity index is 1860. The summed E-state index contributed by atoms with van der Waals surface area (Å²) in [4.78, 5) is 60.0. The number of ether oxygens (including phenoxy) is 7. The van der Waals surface area contributed by atoms with Crippen LogP contribution in [0.5, 0.6) is 17.2 Å². The van der Waals surface area contributed by atoms with Crippen LogP contribution >= 0.6 is 0 Å². The van der Waals surface area contributed by atoms with Crippen LogP contribution in [0.2, 0.25) is 0 Å². The third-order valence-corrected chi connectivity index (χ3v) is 7.22. The lowest BCUT2D eigenvalue weighted by Gasteiger charge is -2.12. The van der Waals surface area contributed by atoms with Crippen molar-refractivity contribution in [3.63, 3.8) is 0 Å². The Morgan fingerprint density at radius 1 is 0.509 bits per heavy atom. The normalized spacial score (nSPS) is 11.0. The SMILES string of the molecule is C=CC(=O)OCCOCCOc1ccc(C(=O)Oc2ccc(C(=O)Oc3ccc(-c4ccc(C(=O)OCC(C)COC(=O)C=C)cc4)cc3)cc2)cc1. The van der Waals surface area contributed by atoms with E-state index in [1.54, 1.807) is 79.7 Å². The molecule has 1 unspecified atom stereocenters. The van der Waals surface area contributed by atoms with Crippen LogP contribution in [0.15, 0.2) is 122 Å². The number of carbonyl (C=O) groups is 5. The number of carbonyl (C=O) groups excluding carboxylic acids is 5. The number of rotatable bonds is 19. The summed E-state index contributed by atoms with van der Waals surface area (Å²) < 4.78 is 36.9. The number of hydrogen-bond donors (Lipinski definition) is 0. The fourth-order valence-corrected chi connectivity index (χ4v) is 4.41. The van der Waals surface area contributed by atoms with Crippen molar-refractivity contribution in [3.8, 4) is 28.4 Å². The van der Waals surface area contributed by atoms with E-state index in [1.807, 2.05) is 0 Å². The van der Waals surface area contributed by atoms with Crippen LogP contribution in [0.4, 0.5) is 0 Å². The zero-order valence-corrected chi connectivity index (χ0v) is 29.0. The smallest absolute Gasteiger partial charge is 0.343 e. The molecule has 12 heteroatoms. The van der Waals surface area contributed by atoms with Crippen molar-refractivity contribution in [1.29, 1.82) is 0 Å². The Morgan fingerprint density at radius 3 is 1.47 bits per heavy atom. The first-order chi connectivity index (χ1) is 25.6. The van der Waals surface area contributed by atoms with Gasteiger partial charge < -0.3 is 33.2 Å². The molecule has 0 radical (unpaired) electrons. The Balaban J connectivity index is 1.19. The average molecular weight is 723 g/mol. The van der Waals surface area contributed by atoms with Gasteiger partial charge in [0.05, 0.1) is 43.1 Å². The fraction of sp³-hybridized carbons (Fsp3) is 0.195. The standard InChI is InChI=1S/C41H38O12/c1-4-37(42)49-25-23-47-22-24-48-34-16-12-32(13-17-34)40(45)53-36-20-14-33(15-21-36)41(46)52-35-18-10-30(11-19-35)29-6-8-31(9-7-29)39(44)51-27-28(3)26-50-38(43)5-2/h4-21,28H,1-2,22-27H2,3H3. The summed E-state index contributed by atoms with van der Waals surface area (Å²) in [5, 5.41) is 0. The van der Waals surface area contributed by atoms with Gasteiger partial charge in [0.15, 0.2) is 0 Å². The molecule has 0 spiro atoms. The van der Waals surface area contributed by atoms with E-state index in [9.17, 15) is 24.0 Å². The number of hydrogen-bond acceptors (Lipinski definition) is 12. The second-order valence-electron chi connectivity index (χ2n) is 11.3. The molecular formula is C41H38O12. The highest BCUT2D eigenvalue weighted by Gasteiger charge is 2.14. The highest BCUT2D eigenvalue weighted by atomic mass is 16.6. The molecule has 0 saturated carbocycles. The molecule has 0 heterocycles. The molecule has 0 aliphatic heterocycles. The molecular weight excluding hydrogens is 684 g/mol. The van der Waals surface area contributed by atoms with E-state index in [-0.39, 0.29) is 56.9 Å². The molecule has 0 fully saturated rings. The van der Waals surface area contributed by atoms with E-state index in [0.717, 1.165) is 23.3 Å². The molecule has 0 N–H and O–H groups in total. The summed E-state index contributed by atoms with van der Waals surface area (Å²) in [6.07, 6.45) is 2.15. The van der Waals surface area contributed by atoms with E-state index in [1.165, 1.54) is 24.3 Å². The molecule has 12 nitrogen and oxygen atoms in total. The predicted octanol–water partition coefficient (Wildman–Crippen LogP) is 6.44. The summed E-state index contributed by atoms with van der Waals surface area (Å²) in [7, 11) is 0. The van der Waals surface area contributed by atoms with Crippen LogP contribution in [-0.2, 0) is 28.5 Å². The minimum atomic E-state index is -0.594. The van der Waals surface area contributed by atoms with Crippen molar-refractivity contribution in [1.82, 2.24) is 0 Å². The van der Waals surface area contributed by atoms with Gasteiger partial charge in [-0.05, 0) is 83.9 Å². The number of benzene rings is 4. The molecule has 53 heavy (non-hydrogen) atoms. The van der Waals surface area contributed by atoms with Gasteiger partial charge >= 0.3 is 29.8 Å². The highest BCUT2D eigenvalue weighted by Crippen LogP contribution is 2.24. The Morgan fingerprint density at radius 2 is 0.925 bits per heavy atom. The first-order valence-corrected chi connectivity index (χ1v) is 16.5. The van der Waals surface area contributed by atoms with Crippen LogP contribution in [0.1, 0.15) is 38.0 Å². The molecule has 4 aromatic rings. The second kappa shape index (κ2) is 20.4. The van der Waals surface area contributed by atoms with Gasteiger partial charge in [0.1, 0.15) is 30.5 Å². The maximum Gasteiger partial charge on any atom is 0.343 e. The Kier molecular flexibility index (Phi) is 15.1. The van der Waals surface area contributed by atoms with Crippen molar-refractivity contribution >= 4 is 29.8 Å². The molecule has 0 aliphatic rings. The van der Waals surface area contributed by atoms with Gasteiger partial charge in [-0.15, -0.1) is 0 Å². The average Bonchev–Trinajstić information content (AvgIpc) is 3.19. The van der Waals surface area contributed by atoms with E-state index in [4.69, 9.17) is 33.2 Å². The van der Waals surface area contributed by atoms with Gasteiger partial charge in [-0.25, -0.2) is 24.0 Å². The largest absolute Gasteiger partial charge is 0.491 e. The molecule has 0 amide bonds. The Labute approximate surface area is 306 Å². The van der Waals surface area contributed by atoms with E-state index < -0.39 is 29.8 Å². The molecule has 0 saturated heterocycles. The highest BCUT2D eigenvalue weighted by molar-refractivity contribution is 5.93. The summed E-state index contributed by atoms with van der Waals surface area (Å²) >= 11 is 0. The zero-order chi connectivity index (χ0) is 38.0. The number of esters is 5. The van der Waals surface area contributed by atoms with Crippen molar-refractivity contribution in [2.24, 2.45) is 5.92 Å². The summed E-state index contributed by atoms with van der Waals surface area (Å²) in [6.45, 7) is 9.54. The summed E-state index contributed by atoms with van der Waals surface area (Å²) in [6, 6.07) is 26.1. The van der Waals surface area contributed by atoms with Crippen molar-refractivity contribution < 1.29 is 57.1 Å². The third-order valence-electron chi connectivity index (χ3n) is 7.22. The molecule has 0 aliphatic carbocycles. The summed E-state index contributed by atoms with van der Waals surface area (Å²) in [5.41, 5.74) is 2.60. The zero-order valence-electron chi connectivity index (χ0n) is 29.0. The first-order valence-electron chi connectivity index (χ1n) is 16.5. The lowest BCUT2D eigenvalue weighted by Crippen LogP contribution is -2.18. The van der Waals surface area contributed by atoms with Gasteiger partial charge in [-0.3, -0.25) is 0 Å². The molecule has 4 aromatic carbocycles. The quantitative estimate of drug-likeness (QED) is 0.0345. The lowest BCUT2D eigenvalue weighted by atomic mass is 10.0. The minimum Gasteiger partial charge on any atom is -0.491 e. The van der Waals surface area contributed by atoms with E-state index in [2.05, 4.69) is 13.2 Å². The van der Waals surface area contributed by atoms with Crippen LogP contribution < -0.4 is 14.2 Å². The molecule has 0 aromatic heterocycles. The van der Waals surface area contributed by atoms with Gasteiger partial charge in [0, 0.05) is 18.1 Å². The van der Waals surface area contributed by atoms with Crippen LogP contribution in [0.25, 0.3) is 11.1 Å². The lowest BCUT2D eigenvalue weighted by molar-refractivity contribution is -0.140.